The van der Waals surface area contributed by atoms with Gasteiger partial charge in [0.15, 0.2) is 0 Å². The van der Waals surface area contributed by atoms with Crippen molar-refractivity contribution in [1.82, 2.24) is 5.32 Å². The number of aliphatic hydroxyl groups is 1. The zero-order valence-electron chi connectivity index (χ0n) is 12.5. The molecule has 2 aromatic rings. The Labute approximate surface area is 133 Å². The van der Waals surface area contributed by atoms with Crippen molar-refractivity contribution in [1.29, 1.82) is 0 Å². The van der Waals surface area contributed by atoms with Crippen molar-refractivity contribution in [3.63, 3.8) is 0 Å². The topological polar surface area (TPSA) is 105 Å². The van der Waals surface area contributed by atoms with Crippen LogP contribution in [0.5, 0.6) is 0 Å². The van der Waals surface area contributed by atoms with Crippen molar-refractivity contribution in [3.05, 3.63) is 69.8 Å². The molecule has 0 bridgehead atoms. The van der Waals surface area contributed by atoms with Crippen LogP contribution in [0, 0.1) is 17.0 Å². The van der Waals surface area contributed by atoms with Gasteiger partial charge in [-0.2, -0.15) is 0 Å². The minimum absolute atomic E-state index is 0.104. The summed E-state index contributed by atoms with van der Waals surface area (Å²) in [6.45, 7) is 1.48. The van der Waals surface area contributed by atoms with Crippen LogP contribution >= 0.6 is 0 Å². The number of nitro groups is 1. The van der Waals surface area contributed by atoms with E-state index in [0.29, 0.717) is 11.3 Å². The van der Waals surface area contributed by atoms with Gasteiger partial charge in [0.05, 0.1) is 23.3 Å². The summed E-state index contributed by atoms with van der Waals surface area (Å²) in [7, 11) is 0. The first-order chi connectivity index (χ1) is 11.0. The maximum Gasteiger partial charge on any atom is 0.319 e. The molecule has 2 rings (SSSR count). The number of nitro benzene ring substituents is 1. The Bertz CT molecular complexity index is 704. The van der Waals surface area contributed by atoms with Gasteiger partial charge in [-0.05, 0) is 18.1 Å². The quantitative estimate of drug-likeness (QED) is 0.583. The number of anilines is 1. The standard InChI is InChI=1S/C16H17N3O4/c1-11-7-8-13(19(22)23)9-14(11)17-16(21)18-15(10-20)12-5-3-2-4-6-12/h2-9,15,20H,10H2,1H3,(H2,17,18,21). The summed E-state index contributed by atoms with van der Waals surface area (Å²) < 4.78 is 0. The summed E-state index contributed by atoms with van der Waals surface area (Å²) in [4.78, 5) is 22.4. The Kier molecular flexibility index (Phi) is 5.27. The number of aryl methyl sites for hydroxylation is 1. The number of amides is 2. The molecule has 2 amide bonds. The summed E-state index contributed by atoms with van der Waals surface area (Å²) >= 11 is 0. The van der Waals surface area contributed by atoms with Crippen molar-refractivity contribution in [3.8, 4) is 0 Å². The van der Waals surface area contributed by atoms with Crippen molar-refractivity contribution in [2.45, 2.75) is 13.0 Å². The molecule has 0 radical (unpaired) electrons. The van der Waals surface area contributed by atoms with Crippen LogP contribution in [0.4, 0.5) is 16.2 Å². The second kappa shape index (κ2) is 7.37. The van der Waals surface area contributed by atoms with Gasteiger partial charge in [0.25, 0.3) is 5.69 Å². The molecule has 23 heavy (non-hydrogen) atoms. The summed E-state index contributed by atoms with van der Waals surface area (Å²) in [5.74, 6) is 0. The molecule has 2 aromatic carbocycles. The molecule has 0 aromatic heterocycles. The fourth-order valence-corrected chi connectivity index (χ4v) is 2.09. The van der Waals surface area contributed by atoms with Gasteiger partial charge in [0.2, 0.25) is 0 Å². The largest absolute Gasteiger partial charge is 0.394 e. The minimum atomic E-state index is -0.560. The highest BCUT2D eigenvalue weighted by molar-refractivity contribution is 5.90. The highest BCUT2D eigenvalue weighted by Crippen LogP contribution is 2.22. The van der Waals surface area contributed by atoms with Crippen LogP contribution in [-0.4, -0.2) is 22.7 Å². The Hall–Kier alpha value is -2.93. The molecular formula is C16H17N3O4. The fourth-order valence-electron chi connectivity index (χ4n) is 2.09. The molecule has 0 aliphatic rings. The van der Waals surface area contributed by atoms with E-state index < -0.39 is 17.0 Å². The van der Waals surface area contributed by atoms with E-state index in [1.54, 1.807) is 25.1 Å². The second-order valence-corrected chi connectivity index (χ2v) is 5.00. The molecule has 0 heterocycles. The van der Waals surface area contributed by atoms with Crippen molar-refractivity contribution in [2.24, 2.45) is 0 Å². The van der Waals surface area contributed by atoms with Gasteiger partial charge in [0, 0.05) is 12.1 Å². The van der Waals surface area contributed by atoms with Crippen molar-refractivity contribution >= 4 is 17.4 Å². The first-order valence-corrected chi connectivity index (χ1v) is 6.99. The van der Waals surface area contributed by atoms with Gasteiger partial charge >= 0.3 is 6.03 Å². The van der Waals surface area contributed by atoms with Crippen molar-refractivity contribution in [2.75, 3.05) is 11.9 Å². The first kappa shape index (κ1) is 16.4. The molecule has 7 heteroatoms. The number of hydrogen-bond donors (Lipinski definition) is 3. The lowest BCUT2D eigenvalue weighted by Gasteiger charge is -2.17. The maximum atomic E-state index is 12.1. The van der Waals surface area contributed by atoms with Gasteiger partial charge in [-0.3, -0.25) is 10.1 Å². The Morgan fingerprint density at radius 3 is 2.57 bits per heavy atom. The fraction of sp³-hybridized carbons (Fsp3) is 0.188. The van der Waals surface area contributed by atoms with Crippen LogP contribution in [-0.2, 0) is 0 Å². The number of aliphatic hydroxyl groups excluding tert-OH is 1. The first-order valence-electron chi connectivity index (χ1n) is 6.99. The van der Waals surface area contributed by atoms with Crippen molar-refractivity contribution < 1.29 is 14.8 Å². The molecule has 3 N–H and O–H groups in total. The lowest BCUT2D eigenvalue weighted by Crippen LogP contribution is -2.34. The number of hydrogen-bond acceptors (Lipinski definition) is 4. The molecule has 7 nitrogen and oxygen atoms in total. The van der Waals surface area contributed by atoms with E-state index in [4.69, 9.17) is 0 Å². The molecule has 1 unspecified atom stereocenters. The zero-order valence-corrected chi connectivity index (χ0v) is 12.5. The normalized spacial score (nSPS) is 11.6. The van der Waals surface area contributed by atoms with E-state index in [-0.39, 0.29) is 12.3 Å². The second-order valence-electron chi connectivity index (χ2n) is 5.00. The Morgan fingerprint density at radius 2 is 1.96 bits per heavy atom. The third kappa shape index (κ3) is 4.27. The van der Waals surface area contributed by atoms with Gasteiger partial charge in [0.1, 0.15) is 0 Å². The molecule has 0 aliphatic carbocycles. The molecule has 0 saturated carbocycles. The molecular weight excluding hydrogens is 298 g/mol. The average molecular weight is 315 g/mol. The number of carbonyl (C=O) groups is 1. The van der Waals surface area contributed by atoms with Crippen LogP contribution in [0.2, 0.25) is 0 Å². The van der Waals surface area contributed by atoms with Gasteiger partial charge < -0.3 is 15.7 Å². The van der Waals surface area contributed by atoms with E-state index in [0.717, 1.165) is 5.56 Å². The predicted molar refractivity (Wildman–Crippen MR) is 86.3 cm³/mol. The van der Waals surface area contributed by atoms with Crippen LogP contribution in [0.25, 0.3) is 0 Å². The van der Waals surface area contributed by atoms with E-state index in [9.17, 15) is 20.0 Å². The summed E-state index contributed by atoms with van der Waals surface area (Å²) in [6.07, 6.45) is 0. The number of urea groups is 1. The number of rotatable bonds is 5. The van der Waals surface area contributed by atoms with Gasteiger partial charge in [-0.25, -0.2) is 4.79 Å². The number of benzene rings is 2. The molecule has 0 spiro atoms. The van der Waals surface area contributed by atoms with Crippen LogP contribution in [0.1, 0.15) is 17.2 Å². The van der Waals surface area contributed by atoms with Gasteiger partial charge in [-0.15, -0.1) is 0 Å². The van der Waals surface area contributed by atoms with E-state index >= 15 is 0 Å². The Morgan fingerprint density at radius 1 is 1.26 bits per heavy atom. The summed E-state index contributed by atoms with van der Waals surface area (Å²) in [5.41, 5.74) is 1.71. The molecule has 120 valence electrons. The number of nitrogens with zero attached hydrogens (tertiary/aromatic N) is 1. The highest BCUT2D eigenvalue weighted by atomic mass is 16.6. The minimum Gasteiger partial charge on any atom is -0.394 e. The lowest BCUT2D eigenvalue weighted by molar-refractivity contribution is -0.384. The third-order valence-corrected chi connectivity index (χ3v) is 3.37. The van der Waals surface area contributed by atoms with Crippen LogP contribution in [0.15, 0.2) is 48.5 Å². The smallest absolute Gasteiger partial charge is 0.319 e. The molecule has 0 aliphatic heterocycles. The van der Waals surface area contributed by atoms with Crippen LogP contribution in [0.3, 0.4) is 0 Å². The number of carbonyl (C=O) groups excluding carboxylic acids is 1. The molecule has 0 fully saturated rings. The highest BCUT2D eigenvalue weighted by Gasteiger charge is 2.15. The summed E-state index contributed by atoms with van der Waals surface area (Å²) in [5, 5.41) is 25.4. The van der Waals surface area contributed by atoms with E-state index in [1.807, 2.05) is 18.2 Å². The maximum absolute atomic E-state index is 12.1. The summed E-state index contributed by atoms with van der Waals surface area (Å²) in [6, 6.07) is 12.2. The van der Waals surface area contributed by atoms with Gasteiger partial charge in [-0.1, -0.05) is 36.4 Å². The number of nitrogens with one attached hydrogen (secondary N) is 2. The third-order valence-electron chi connectivity index (χ3n) is 3.37. The number of non-ortho nitro benzene ring substituents is 1. The van der Waals surface area contributed by atoms with Crippen LogP contribution < -0.4 is 10.6 Å². The predicted octanol–water partition coefficient (Wildman–Crippen LogP) is 2.76. The average Bonchev–Trinajstić information content (AvgIpc) is 2.55. The Balaban J connectivity index is 2.10. The lowest BCUT2D eigenvalue weighted by atomic mass is 10.1. The monoisotopic (exact) mass is 315 g/mol. The molecule has 0 saturated heterocycles. The SMILES string of the molecule is Cc1ccc([N+](=O)[O-])cc1NC(=O)NC(CO)c1ccccc1. The molecule has 1 atom stereocenters. The zero-order chi connectivity index (χ0) is 16.8. The van der Waals surface area contributed by atoms with E-state index in [2.05, 4.69) is 10.6 Å². The van der Waals surface area contributed by atoms with E-state index in [1.165, 1.54) is 12.1 Å².